The van der Waals surface area contributed by atoms with Gasteiger partial charge in [0.05, 0.1) is 18.2 Å². The summed E-state index contributed by atoms with van der Waals surface area (Å²) in [4.78, 5) is 27.5. The van der Waals surface area contributed by atoms with Crippen molar-refractivity contribution in [3.63, 3.8) is 0 Å². The smallest absolute Gasteiger partial charge is 0.225 e. The van der Waals surface area contributed by atoms with E-state index in [-0.39, 0.29) is 11.8 Å². The molecule has 1 fully saturated rings. The van der Waals surface area contributed by atoms with Gasteiger partial charge in [-0.2, -0.15) is 0 Å². The number of amides is 1. The average molecular weight is 311 g/mol. The van der Waals surface area contributed by atoms with Crippen LogP contribution in [0.4, 0.5) is 5.95 Å². The molecule has 1 amide bonds. The number of pyridine rings is 1. The maximum atomic E-state index is 12.4. The quantitative estimate of drug-likeness (QED) is 0.931. The first-order valence-electron chi connectivity index (χ1n) is 7.94. The molecule has 1 N–H and O–H groups in total. The third kappa shape index (κ3) is 4.03. The van der Waals surface area contributed by atoms with Crippen LogP contribution < -0.4 is 10.2 Å². The van der Waals surface area contributed by atoms with Gasteiger partial charge in [-0.1, -0.05) is 6.07 Å². The minimum absolute atomic E-state index is 0.0309. The Balaban J connectivity index is 1.58. The van der Waals surface area contributed by atoms with E-state index in [4.69, 9.17) is 0 Å². The van der Waals surface area contributed by atoms with Crippen LogP contribution in [0.15, 0.2) is 36.7 Å². The molecular weight excluding hydrogens is 290 g/mol. The maximum absolute atomic E-state index is 12.4. The van der Waals surface area contributed by atoms with Crippen LogP contribution in [0.5, 0.6) is 0 Å². The van der Waals surface area contributed by atoms with Crippen molar-refractivity contribution in [2.75, 3.05) is 18.0 Å². The van der Waals surface area contributed by atoms with Gasteiger partial charge in [0.2, 0.25) is 11.9 Å². The first kappa shape index (κ1) is 15.4. The SMILES string of the molecule is Cc1ccnc(N2CCCC(C(=O)NCc3ccccn3)C2)n1. The summed E-state index contributed by atoms with van der Waals surface area (Å²) in [6.07, 6.45) is 5.37. The van der Waals surface area contributed by atoms with Crippen molar-refractivity contribution in [3.05, 3.63) is 48.0 Å². The number of aryl methyl sites for hydroxylation is 1. The topological polar surface area (TPSA) is 71.0 Å². The Morgan fingerprint density at radius 1 is 1.30 bits per heavy atom. The molecule has 0 aliphatic carbocycles. The normalized spacial score (nSPS) is 17.8. The number of rotatable bonds is 4. The Bertz CT molecular complexity index is 661. The number of nitrogens with zero attached hydrogens (tertiary/aromatic N) is 4. The monoisotopic (exact) mass is 311 g/mol. The molecule has 3 rings (SSSR count). The number of anilines is 1. The van der Waals surface area contributed by atoms with Crippen molar-refractivity contribution in [2.24, 2.45) is 5.92 Å². The molecular formula is C17H21N5O. The second kappa shape index (κ2) is 7.17. The van der Waals surface area contributed by atoms with Crippen LogP contribution in [0.2, 0.25) is 0 Å². The van der Waals surface area contributed by atoms with E-state index in [0.717, 1.165) is 30.8 Å². The zero-order chi connectivity index (χ0) is 16.1. The van der Waals surface area contributed by atoms with Crippen molar-refractivity contribution in [1.82, 2.24) is 20.3 Å². The van der Waals surface area contributed by atoms with Gasteiger partial charge in [0.15, 0.2) is 0 Å². The number of nitrogens with one attached hydrogen (secondary N) is 1. The maximum Gasteiger partial charge on any atom is 0.225 e. The fraction of sp³-hybridized carbons (Fsp3) is 0.412. The molecule has 0 saturated carbocycles. The predicted octanol–water partition coefficient (Wildman–Crippen LogP) is 1.71. The zero-order valence-electron chi connectivity index (χ0n) is 13.3. The number of hydrogen-bond acceptors (Lipinski definition) is 5. The lowest BCUT2D eigenvalue weighted by molar-refractivity contribution is -0.125. The highest BCUT2D eigenvalue weighted by Crippen LogP contribution is 2.20. The van der Waals surface area contributed by atoms with E-state index < -0.39 is 0 Å². The van der Waals surface area contributed by atoms with Gasteiger partial charge in [-0.3, -0.25) is 9.78 Å². The minimum atomic E-state index is -0.0309. The molecule has 3 heterocycles. The van der Waals surface area contributed by atoms with Crippen LogP contribution in [-0.4, -0.2) is 33.9 Å². The third-order valence-corrected chi connectivity index (χ3v) is 4.03. The van der Waals surface area contributed by atoms with Gasteiger partial charge in [-0.15, -0.1) is 0 Å². The average Bonchev–Trinajstić information content (AvgIpc) is 2.61. The molecule has 6 heteroatoms. The molecule has 2 aromatic rings. The lowest BCUT2D eigenvalue weighted by atomic mass is 9.97. The predicted molar refractivity (Wildman–Crippen MR) is 87.8 cm³/mol. The molecule has 0 bridgehead atoms. The molecule has 6 nitrogen and oxygen atoms in total. The van der Waals surface area contributed by atoms with Gasteiger partial charge in [0, 0.05) is 31.2 Å². The molecule has 1 aliphatic heterocycles. The minimum Gasteiger partial charge on any atom is -0.350 e. The molecule has 1 saturated heterocycles. The van der Waals surface area contributed by atoms with Gasteiger partial charge in [-0.05, 0) is 38.0 Å². The van der Waals surface area contributed by atoms with Crippen molar-refractivity contribution in [3.8, 4) is 0 Å². The van der Waals surface area contributed by atoms with Crippen LogP contribution in [0.1, 0.15) is 24.2 Å². The Kier molecular flexibility index (Phi) is 4.80. The summed E-state index contributed by atoms with van der Waals surface area (Å²) >= 11 is 0. The van der Waals surface area contributed by atoms with Crippen molar-refractivity contribution in [2.45, 2.75) is 26.3 Å². The molecule has 0 aromatic carbocycles. The van der Waals surface area contributed by atoms with Gasteiger partial charge < -0.3 is 10.2 Å². The van der Waals surface area contributed by atoms with Crippen LogP contribution in [0.25, 0.3) is 0 Å². The van der Waals surface area contributed by atoms with Crippen LogP contribution in [-0.2, 0) is 11.3 Å². The molecule has 23 heavy (non-hydrogen) atoms. The molecule has 1 atom stereocenters. The summed E-state index contributed by atoms with van der Waals surface area (Å²) in [6.45, 7) is 3.98. The van der Waals surface area contributed by atoms with Gasteiger partial charge in [-0.25, -0.2) is 9.97 Å². The Morgan fingerprint density at radius 3 is 3.00 bits per heavy atom. The molecule has 2 aromatic heterocycles. The first-order chi connectivity index (χ1) is 11.2. The Hall–Kier alpha value is -2.50. The van der Waals surface area contributed by atoms with Crippen LogP contribution >= 0.6 is 0 Å². The molecule has 120 valence electrons. The largest absolute Gasteiger partial charge is 0.350 e. The fourth-order valence-corrected chi connectivity index (χ4v) is 2.79. The second-order valence-corrected chi connectivity index (χ2v) is 5.82. The molecule has 1 unspecified atom stereocenters. The lowest BCUT2D eigenvalue weighted by Crippen LogP contribution is -2.43. The zero-order valence-corrected chi connectivity index (χ0v) is 13.3. The lowest BCUT2D eigenvalue weighted by Gasteiger charge is -2.32. The standard InChI is InChI=1S/C17H21N5O/c1-13-7-9-19-17(21-13)22-10-4-5-14(12-22)16(23)20-11-15-6-2-3-8-18-15/h2-3,6-9,14H,4-5,10-12H2,1H3,(H,20,23). The summed E-state index contributed by atoms with van der Waals surface area (Å²) in [5.74, 6) is 0.761. The van der Waals surface area contributed by atoms with Gasteiger partial charge >= 0.3 is 0 Å². The van der Waals surface area contributed by atoms with Crippen molar-refractivity contribution >= 4 is 11.9 Å². The van der Waals surface area contributed by atoms with Crippen molar-refractivity contribution in [1.29, 1.82) is 0 Å². The van der Waals surface area contributed by atoms with E-state index in [0.29, 0.717) is 19.0 Å². The summed E-state index contributed by atoms with van der Waals surface area (Å²) in [5, 5.41) is 2.98. The van der Waals surface area contributed by atoms with E-state index in [2.05, 4.69) is 25.2 Å². The summed E-state index contributed by atoms with van der Waals surface area (Å²) in [5.41, 5.74) is 1.81. The fourth-order valence-electron chi connectivity index (χ4n) is 2.79. The van der Waals surface area contributed by atoms with E-state index in [9.17, 15) is 4.79 Å². The van der Waals surface area contributed by atoms with Gasteiger partial charge in [0.1, 0.15) is 0 Å². The molecule has 1 aliphatic rings. The van der Waals surface area contributed by atoms with Gasteiger partial charge in [0.25, 0.3) is 0 Å². The van der Waals surface area contributed by atoms with E-state index in [1.807, 2.05) is 31.2 Å². The Labute approximate surface area is 136 Å². The highest BCUT2D eigenvalue weighted by atomic mass is 16.1. The summed E-state index contributed by atoms with van der Waals surface area (Å²) < 4.78 is 0. The highest BCUT2D eigenvalue weighted by Gasteiger charge is 2.27. The number of carbonyl (C=O) groups excluding carboxylic acids is 1. The van der Waals surface area contributed by atoms with Crippen molar-refractivity contribution < 1.29 is 4.79 Å². The van der Waals surface area contributed by atoms with E-state index in [1.54, 1.807) is 12.4 Å². The molecule has 0 radical (unpaired) electrons. The summed E-state index contributed by atoms with van der Waals surface area (Å²) in [7, 11) is 0. The second-order valence-electron chi connectivity index (χ2n) is 5.82. The number of aromatic nitrogens is 3. The highest BCUT2D eigenvalue weighted by molar-refractivity contribution is 5.79. The van der Waals surface area contributed by atoms with E-state index >= 15 is 0 Å². The number of carbonyl (C=O) groups is 1. The third-order valence-electron chi connectivity index (χ3n) is 4.03. The molecule has 0 spiro atoms. The summed E-state index contributed by atoms with van der Waals surface area (Å²) in [6, 6.07) is 7.58. The van der Waals surface area contributed by atoms with E-state index in [1.165, 1.54) is 0 Å². The number of piperidine rings is 1. The van der Waals surface area contributed by atoms with Crippen LogP contribution in [0, 0.1) is 12.8 Å². The number of hydrogen-bond donors (Lipinski definition) is 1. The first-order valence-corrected chi connectivity index (χ1v) is 7.94. The van der Waals surface area contributed by atoms with Crippen LogP contribution in [0.3, 0.4) is 0 Å². The Morgan fingerprint density at radius 2 is 2.22 bits per heavy atom.